The monoisotopic (exact) mass is 590 g/mol. The highest BCUT2D eigenvalue weighted by atomic mass is 79.9. The number of nitrogens with zero attached hydrogens (tertiary/aromatic N) is 1. The molecule has 0 saturated carbocycles. The highest BCUT2D eigenvalue weighted by Crippen LogP contribution is 2.52. The van der Waals surface area contributed by atoms with Gasteiger partial charge in [0.15, 0.2) is 0 Å². The number of carbonyl (C=O) groups is 1. The van der Waals surface area contributed by atoms with Crippen molar-refractivity contribution in [2.24, 2.45) is 0 Å². The predicted octanol–water partition coefficient (Wildman–Crippen LogP) is 7.45. The summed E-state index contributed by atoms with van der Waals surface area (Å²) in [4.78, 5) is 15.6. The number of carbonyl (C=O) groups excluding carboxylic acids is 1. The van der Waals surface area contributed by atoms with E-state index in [0.29, 0.717) is 6.42 Å². The van der Waals surface area contributed by atoms with Crippen LogP contribution < -0.4 is 10.2 Å². The Kier molecular flexibility index (Phi) is 6.11. The number of nitrogens with one attached hydrogen (secondary N) is 1. The molecule has 2 atom stereocenters. The van der Waals surface area contributed by atoms with E-state index in [0.717, 1.165) is 35.9 Å². The molecule has 0 aliphatic carbocycles. The number of rotatable bonds is 5. The van der Waals surface area contributed by atoms with Crippen LogP contribution in [-0.2, 0) is 10.2 Å². The largest absolute Gasteiger partial charge is 0.377 e. The molecule has 0 fully saturated rings. The molecule has 3 nitrogen and oxygen atoms in total. The molecule has 30 heavy (non-hydrogen) atoms. The average Bonchev–Trinajstić information content (AvgIpc) is 2.96. The van der Waals surface area contributed by atoms with E-state index >= 15 is 0 Å². The zero-order valence-electron chi connectivity index (χ0n) is 16.6. The summed E-state index contributed by atoms with van der Waals surface area (Å²) in [6, 6.07) is 22.2. The van der Waals surface area contributed by atoms with Gasteiger partial charge in [-0.1, -0.05) is 72.9 Å². The Labute approximate surface area is 202 Å². The highest BCUT2D eigenvalue weighted by molar-refractivity contribution is 9.11. The normalized spacial score (nSPS) is 19.0. The molecular formula is C24H21Br3N2O. The van der Waals surface area contributed by atoms with E-state index in [-0.39, 0.29) is 11.9 Å². The molecule has 3 aromatic rings. The Morgan fingerprint density at radius 2 is 1.47 bits per heavy atom. The maximum Gasteiger partial charge on any atom is 0.239 e. The molecule has 6 heteroatoms. The topological polar surface area (TPSA) is 32.3 Å². The first-order chi connectivity index (χ1) is 14.4. The second-order valence-corrected chi connectivity index (χ2v) is 10.2. The van der Waals surface area contributed by atoms with Crippen molar-refractivity contribution in [2.45, 2.75) is 24.8 Å². The summed E-state index contributed by atoms with van der Waals surface area (Å²) in [6.45, 7) is 2.10. The summed E-state index contributed by atoms with van der Waals surface area (Å²) in [5.74, 6) is 0.107. The van der Waals surface area contributed by atoms with Crippen LogP contribution in [0, 0.1) is 0 Å². The fourth-order valence-corrected chi connectivity index (χ4v) is 5.24. The maximum atomic E-state index is 13.8. The summed E-state index contributed by atoms with van der Waals surface area (Å²) in [7, 11) is 1.86. The number of hydrogen-bond acceptors (Lipinski definition) is 2. The summed E-state index contributed by atoms with van der Waals surface area (Å²) in [6.07, 6.45) is 0.676. The van der Waals surface area contributed by atoms with E-state index in [9.17, 15) is 4.79 Å². The second kappa shape index (κ2) is 8.48. The van der Waals surface area contributed by atoms with Gasteiger partial charge in [-0.25, -0.2) is 0 Å². The van der Waals surface area contributed by atoms with Gasteiger partial charge in [-0.2, -0.15) is 0 Å². The zero-order chi connectivity index (χ0) is 21.5. The van der Waals surface area contributed by atoms with Crippen LogP contribution in [0.1, 0.15) is 30.5 Å². The molecule has 1 aliphatic rings. The maximum absolute atomic E-state index is 13.8. The van der Waals surface area contributed by atoms with E-state index in [1.807, 2.05) is 55.6 Å². The van der Waals surface area contributed by atoms with Crippen LogP contribution in [0.3, 0.4) is 0 Å². The lowest BCUT2D eigenvalue weighted by Gasteiger charge is -2.37. The van der Waals surface area contributed by atoms with Gasteiger partial charge in [-0.05, 0) is 66.1 Å². The Balaban J connectivity index is 1.91. The molecule has 154 valence electrons. The standard InChI is InChI=1S/C24H21Br3N2O/c1-3-24(20-13-10-18(27)14-21(20)29(2)23(24)30)22(15-4-6-16(25)7-5-15)28-19-11-8-17(26)9-12-19/h4-14,22,28H,3H2,1-2H3/t22-,24+/m0/s1. The van der Waals surface area contributed by atoms with Crippen LogP contribution in [0.4, 0.5) is 11.4 Å². The number of fused-ring (bicyclic) bond motifs is 1. The lowest BCUT2D eigenvalue weighted by Crippen LogP contribution is -2.45. The summed E-state index contributed by atoms with van der Waals surface area (Å²) in [5, 5.41) is 3.69. The molecule has 0 bridgehead atoms. The van der Waals surface area contributed by atoms with Gasteiger partial charge in [0.25, 0.3) is 0 Å². The van der Waals surface area contributed by atoms with Gasteiger partial charge in [0, 0.05) is 31.8 Å². The van der Waals surface area contributed by atoms with E-state index in [1.165, 1.54) is 0 Å². The number of halogens is 3. The van der Waals surface area contributed by atoms with Gasteiger partial charge >= 0.3 is 0 Å². The van der Waals surface area contributed by atoms with Crippen molar-refractivity contribution in [2.75, 3.05) is 17.3 Å². The molecule has 0 saturated heterocycles. The smallest absolute Gasteiger partial charge is 0.239 e. The minimum absolute atomic E-state index is 0.107. The van der Waals surface area contributed by atoms with Gasteiger partial charge in [-0.3, -0.25) is 4.79 Å². The van der Waals surface area contributed by atoms with Crippen molar-refractivity contribution in [1.29, 1.82) is 0 Å². The molecule has 1 N–H and O–H groups in total. The minimum atomic E-state index is -0.717. The molecule has 0 spiro atoms. The highest BCUT2D eigenvalue weighted by Gasteiger charge is 2.54. The zero-order valence-corrected chi connectivity index (χ0v) is 21.4. The molecule has 3 aromatic carbocycles. The lowest BCUT2D eigenvalue weighted by atomic mass is 9.70. The first kappa shape index (κ1) is 21.6. The van der Waals surface area contributed by atoms with Gasteiger partial charge < -0.3 is 10.2 Å². The van der Waals surface area contributed by atoms with Crippen LogP contribution in [0.25, 0.3) is 0 Å². The van der Waals surface area contributed by atoms with Crippen molar-refractivity contribution in [3.05, 3.63) is 91.3 Å². The number of anilines is 2. The van der Waals surface area contributed by atoms with Gasteiger partial charge in [0.2, 0.25) is 5.91 Å². The summed E-state index contributed by atoms with van der Waals surface area (Å²) in [5.41, 5.74) is 3.33. The Hall–Kier alpha value is -1.63. The number of benzene rings is 3. The van der Waals surface area contributed by atoms with Gasteiger partial charge in [0.1, 0.15) is 5.41 Å². The van der Waals surface area contributed by atoms with E-state index in [1.54, 1.807) is 4.90 Å². The van der Waals surface area contributed by atoms with Crippen LogP contribution in [0.5, 0.6) is 0 Å². The molecule has 1 aliphatic heterocycles. The molecular weight excluding hydrogens is 572 g/mol. The van der Waals surface area contributed by atoms with Crippen LogP contribution in [-0.4, -0.2) is 13.0 Å². The number of hydrogen-bond donors (Lipinski definition) is 1. The Morgan fingerprint density at radius 1 is 0.900 bits per heavy atom. The SMILES string of the molecule is CC[C@@]1([C@@H](Nc2ccc(Br)cc2)c2ccc(Br)cc2)C(=O)N(C)c2cc(Br)ccc21. The number of likely N-dealkylation sites (N-methyl/N-ethyl adjacent to an activating group) is 1. The fraction of sp³-hybridized carbons (Fsp3) is 0.208. The molecule has 1 amide bonds. The van der Waals surface area contributed by atoms with Crippen molar-refractivity contribution >= 4 is 65.1 Å². The summed E-state index contributed by atoms with van der Waals surface area (Å²) < 4.78 is 3.00. The molecule has 0 radical (unpaired) electrons. The van der Waals surface area contributed by atoms with Crippen molar-refractivity contribution in [1.82, 2.24) is 0 Å². The average molecular weight is 593 g/mol. The number of amides is 1. The quantitative estimate of drug-likeness (QED) is 0.334. The Morgan fingerprint density at radius 3 is 2.07 bits per heavy atom. The van der Waals surface area contributed by atoms with E-state index < -0.39 is 5.41 Å². The first-order valence-electron chi connectivity index (χ1n) is 9.72. The minimum Gasteiger partial charge on any atom is -0.377 e. The van der Waals surface area contributed by atoms with E-state index in [2.05, 4.69) is 78.2 Å². The van der Waals surface area contributed by atoms with Crippen LogP contribution in [0.2, 0.25) is 0 Å². The second-order valence-electron chi connectivity index (χ2n) is 7.49. The fourth-order valence-electron chi connectivity index (χ4n) is 4.37. The molecule has 0 unspecified atom stereocenters. The van der Waals surface area contributed by atoms with Crippen molar-refractivity contribution < 1.29 is 4.79 Å². The van der Waals surface area contributed by atoms with Crippen molar-refractivity contribution in [3.8, 4) is 0 Å². The van der Waals surface area contributed by atoms with Gasteiger partial charge in [-0.15, -0.1) is 0 Å². The molecule has 1 heterocycles. The third-order valence-electron chi connectivity index (χ3n) is 5.90. The molecule has 0 aromatic heterocycles. The Bertz CT molecular complexity index is 1080. The van der Waals surface area contributed by atoms with Gasteiger partial charge in [0.05, 0.1) is 6.04 Å². The van der Waals surface area contributed by atoms with E-state index in [4.69, 9.17) is 0 Å². The van der Waals surface area contributed by atoms with Crippen LogP contribution in [0.15, 0.2) is 80.1 Å². The van der Waals surface area contributed by atoms with Crippen molar-refractivity contribution in [3.63, 3.8) is 0 Å². The first-order valence-corrected chi connectivity index (χ1v) is 12.1. The lowest BCUT2D eigenvalue weighted by molar-refractivity contribution is -0.123. The summed E-state index contributed by atoms with van der Waals surface area (Å²) >= 11 is 10.6. The third-order valence-corrected chi connectivity index (χ3v) is 7.45. The predicted molar refractivity (Wildman–Crippen MR) is 134 cm³/mol. The molecule has 4 rings (SSSR count). The third kappa shape index (κ3) is 3.63. The van der Waals surface area contributed by atoms with Crippen LogP contribution >= 0.6 is 47.8 Å².